The number of rotatable bonds is 3. The molecule has 0 aliphatic rings. The zero-order valence-corrected chi connectivity index (χ0v) is 11.1. The summed E-state index contributed by atoms with van der Waals surface area (Å²) in [6.45, 7) is 8.01. The lowest BCUT2D eigenvalue weighted by molar-refractivity contribution is -0.116. The first-order valence-corrected chi connectivity index (χ1v) is 6.00. The Bertz CT molecular complexity index is 388. The molecule has 1 atom stereocenters. The molecule has 1 aromatic carbocycles. The fraction of sp³-hybridized carbons (Fsp3) is 0.462. The first-order valence-electron chi connectivity index (χ1n) is 5.48. The van der Waals surface area contributed by atoms with Gasteiger partial charge in [-0.25, -0.2) is 0 Å². The third kappa shape index (κ3) is 3.01. The normalized spacial score (nSPS) is 12.6. The molecule has 0 saturated heterocycles. The van der Waals surface area contributed by atoms with Crippen LogP contribution in [0.2, 0.25) is 0 Å². The van der Waals surface area contributed by atoms with Gasteiger partial charge < -0.3 is 5.32 Å². The van der Waals surface area contributed by atoms with E-state index in [-0.39, 0.29) is 17.1 Å². The minimum absolute atomic E-state index is 0.0352. The van der Waals surface area contributed by atoms with E-state index in [2.05, 4.69) is 17.9 Å². The van der Waals surface area contributed by atoms with Crippen LogP contribution in [-0.2, 0) is 4.79 Å². The van der Waals surface area contributed by atoms with Gasteiger partial charge in [-0.3, -0.25) is 4.79 Å². The molecule has 0 bridgehead atoms. The number of amides is 1. The summed E-state index contributed by atoms with van der Waals surface area (Å²) in [6, 6.07) is 5.90. The molecule has 1 amide bonds. The Labute approximate surface area is 103 Å². The van der Waals surface area contributed by atoms with Crippen molar-refractivity contribution in [1.29, 1.82) is 0 Å². The summed E-state index contributed by atoms with van der Waals surface area (Å²) in [4.78, 5) is 11.8. The highest BCUT2D eigenvalue weighted by Crippen LogP contribution is 2.19. The first-order chi connectivity index (χ1) is 7.43. The smallest absolute Gasteiger partial charge is 0.237 e. The Morgan fingerprint density at radius 1 is 1.31 bits per heavy atom. The van der Waals surface area contributed by atoms with E-state index < -0.39 is 0 Å². The second-order valence-electron chi connectivity index (χ2n) is 4.43. The molecule has 1 aromatic rings. The van der Waals surface area contributed by atoms with Gasteiger partial charge in [0.15, 0.2) is 0 Å². The molecule has 0 aliphatic heterocycles. The monoisotopic (exact) mass is 237 g/mol. The van der Waals surface area contributed by atoms with Crippen LogP contribution in [0.25, 0.3) is 0 Å². The maximum Gasteiger partial charge on any atom is 0.237 e. The minimum Gasteiger partial charge on any atom is -0.325 e. The van der Waals surface area contributed by atoms with Crippen molar-refractivity contribution in [2.45, 2.75) is 32.9 Å². The van der Waals surface area contributed by atoms with Crippen LogP contribution in [0.4, 0.5) is 5.69 Å². The highest BCUT2D eigenvalue weighted by Gasteiger charge is 2.18. The highest BCUT2D eigenvalue weighted by molar-refractivity contribution is 7.81. The molecule has 1 N–H and O–H groups in total. The van der Waals surface area contributed by atoms with Gasteiger partial charge >= 0.3 is 0 Å². The highest BCUT2D eigenvalue weighted by atomic mass is 32.1. The number of anilines is 1. The molecule has 0 aliphatic carbocycles. The standard InChI is InChI=1S/C13H19NOS/c1-8(2)12(16)13(15)14-11-7-5-6-9(3)10(11)4/h5-8,12,16H,1-4H3,(H,14,15). The fourth-order valence-corrected chi connectivity index (χ4v) is 1.46. The average Bonchev–Trinajstić information content (AvgIpc) is 2.23. The van der Waals surface area contributed by atoms with Crippen molar-refractivity contribution in [1.82, 2.24) is 0 Å². The summed E-state index contributed by atoms with van der Waals surface area (Å²) in [5, 5.41) is 2.65. The molecule has 0 heterocycles. The zero-order chi connectivity index (χ0) is 12.3. The average molecular weight is 237 g/mol. The molecular formula is C13H19NOS. The van der Waals surface area contributed by atoms with Crippen molar-refractivity contribution in [2.75, 3.05) is 5.32 Å². The van der Waals surface area contributed by atoms with Crippen molar-refractivity contribution in [3.8, 4) is 0 Å². The zero-order valence-electron chi connectivity index (χ0n) is 10.2. The third-order valence-electron chi connectivity index (χ3n) is 2.76. The Morgan fingerprint density at radius 2 is 1.94 bits per heavy atom. The van der Waals surface area contributed by atoms with E-state index in [4.69, 9.17) is 0 Å². The SMILES string of the molecule is Cc1cccc(NC(=O)C(S)C(C)C)c1C. The summed E-state index contributed by atoms with van der Waals surface area (Å²) < 4.78 is 0. The van der Waals surface area contributed by atoms with E-state index in [1.165, 1.54) is 5.56 Å². The molecule has 16 heavy (non-hydrogen) atoms. The van der Waals surface area contributed by atoms with Crippen molar-refractivity contribution in [3.63, 3.8) is 0 Å². The molecule has 1 rings (SSSR count). The predicted octanol–water partition coefficient (Wildman–Crippen LogP) is 3.20. The van der Waals surface area contributed by atoms with Gasteiger partial charge in [-0.1, -0.05) is 26.0 Å². The van der Waals surface area contributed by atoms with Crippen LogP contribution in [0.1, 0.15) is 25.0 Å². The molecule has 3 heteroatoms. The number of carbonyl (C=O) groups excluding carboxylic acids is 1. The van der Waals surface area contributed by atoms with Gasteiger partial charge in [-0.15, -0.1) is 0 Å². The molecule has 0 fully saturated rings. The number of nitrogens with one attached hydrogen (secondary N) is 1. The lowest BCUT2D eigenvalue weighted by Gasteiger charge is -2.16. The Balaban J connectivity index is 2.81. The van der Waals surface area contributed by atoms with Crippen LogP contribution in [0.3, 0.4) is 0 Å². The van der Waals surface area contributed by atoms with Crippen LogP contribution in [0.5, 0.6) is 0 Å². The Hall–Kier alpha value is -0.960. The molecule has 0 radical (unpaired) electrons. The van der Waals surface area contributed by atoms with Crippen LogP contribution in [-0.4, -0.2) is 11.2 Å². The maximum absolute atomic E-state index is 11.8. The number of benzene rings is 1. The maximum atomic E-state index is 11.8. The molecule has 88 valence electrons. The third-order valence-corrected chi connectivity index (χ3v) is 3.59. The number of hydrogen-bond donors (Lipinski definition) is 2. The second kappa shape index (κ2) is 5.39. The van der Waals surface area contributed by atoms with Gasteiger partial charge in [0.05, 0.1) is 5.25 Å². The lowest BCUT2D eigenvalue weighted by atomic mass is 10.1. The second-order valence-corrected chi connectivity index (χ2v) is 4.98. The molecule has 0 aromatic heterocycles. The summed E-state index contributed by atoms with van der Waals surface area (Å²) >= 11 is 4.30. The van der Waals surface area contributed by atoms with Crippen molar-refractivity contribution < 1.29 is 4.79 Å². The van der Waals surface area contributed by atoms with E-state index in [1.807, 2.05) is 45.9 Å². The summed E-state index contributed by atoms with van der Waals surface area (Å²) in [5.41, 5.74) is 3.17. The van der Waals surface area contributed by atoms with Gasteiger partial charge in [0.2, 0.25) is 5.91 Å². The number of thiol groups is 1. The van der Waals surface area contributed by atoms with Crippen molar-refractivity contribution >= 4 is 24.2 Å². The van der Waals surface area contributed by atoms with Gasteiger partial charge in [0, 0.05) is 5.69 Å². The number of aryl methyl sites for hydroxylation is 1. The molecular weight excluding hydrogens is 218 g/mol. The lowest BCUT2D eigenvalue weighted by Crippen LogP contribution is -2.27. The van der Waals surface area contributed by atoms with Crippen LogP contribution >= 0.6 is 12.6 Å². The van der Waals surface area contributed by atoms with E-state index in [1.54, 1.807) is 0 Å². The van der Waals surface area contributed by atoms with E-state index in [0.717, 1.165) is 11.3 Å². The topological polar surface area (TPSA) is 29.1 Å². The Kier molecular flexibility index (Phi) is 4.42. The van der Waals surface area contributed by atoms with Crippen LogP contribution in [0.15, 0.2) is 18.2 Å². The van der Waals surface area contributed by atoms with Gasteiger partial charge in [-0.2, -0.15) is 12.6 Å². The number of carbonyl (C=O) groups is 1. The van der Waals surface area contributed by atoms with Gasteiger partial charge in [0.1, 0.15) is 0 Å². The summed E-state index contributed by atoms with van der Waals surface area (Å²) in [5.74, 6) is 0.195. The van der Waals surface area contributed by atoms with E-state index in [9.17, 15) is 4.79 Å². The van der Waals surface area contributed by atoms with Crippen molar-refractivity contribution in [2.24, 2.45) is 5.92 Å². The molecule has 0 saturated carbocycles. The quantitative estimate of drug-likeness (QED) is 0.777. The van der Waals surface area contributed by atoms with E-state index in [0.29, 0.717) is 0 Å². The largest absolute Gasteiger partial charge is 0.325 e. The number of hydrogen-bond acceptors (Lipinski definition) is 2. The van der Waals surface area contributed by atoms with Gasteiger partial charge in [-0.05, 0) is 37.0 Å². The molecule has 1 unspecified atom stereocenters. The first kappa shape index (κ1) is 13.1. The summed E-state index contributed by atoms with van der Waals surface area (Å²) in [7, 11) is 0. The van der Waals surface area contributed by atoms with E-state index >= 15 is 0 Å². The van der Waals surface area contributed by atoms with Crippen LogP contribution in [0, 0.1) is 19.8 Å². The fourth-order valence-electron chi connectivity index (χ4n) is 1.40. The van der Waals surface area contributed by atoms with Crippen LogP contribution < -0.4 is 5.32 Å². The predicted molar refractivity (Wildman–Crippen MR) is 72.2 cm³/mol. The minimum atomic E-state index is -0.264. The Morgan fingerprint density at radius 3 is 2.50 bits per heavy atom. The molecule has 0 spiro atoms. The van der Waals surface area contributed by atoms with Crippen molar-refractivity contribution in [3.05, 3.63) is 29.3 Å². The summed E-state index contributed by atoms with van der Waals surface area (Å²) in [6.07, 6.45) is 0. The molecule has 2 nitrogen and oxygen atoms in total. The van der Waals surface area contributed by atoms with Gasteiger partial charge in [0.25, 0.3) is 0 Å².